The monoisotopic (exact) mass is 424 g/mol. The van der Waals surface area contributed by atoms with E-state index in [9.17, 15) is 0 Å². The van der Waals surface area contributed by atoms with Gasteiger partial charge in [-0.05, 0) is 85.6 Å². The van der Waals surface area contributed by atoms with Crippen LogP contribution in [0.25, 0.3) is 0 Å². The maximum atomic E-state index is 9.16. The van der Waals surface area contributed by atoms with Crippen molar-refractivity contribution in [1.82, 2.24) is 0 Å². The van der Waals surface area contributed by atoms with Crippen LogP contribution in [0.2, 0.25) is 0 Å². The SMILES string of the molecule is CCN(CC)c1ccc([C@@H]2CC(c3ccc(OC)cc3)=NN2c2ccc(C#N)cc2)cc1. The van der Waals surface area contributed by atoms with Gasteiger partial charge in [-0.2, -0.15) is 10.4 Å². The summed E-state index contributed by atoms with van der Waals surface area (Å²) in [5, 5.41) is 16.2. The Morgan fingerprint density at radius 2 is 1.62 bits per heavy atom. The summed E-state index contributed by atoms with van der Waals surface area (Å²) in [4.78, 5) is 2.34. The van der Waals surface area contributed by atoms with Gasteiger partial charge in [0.05, 0.1) is 36.2 Å². The van der Waals surface area contributed by atoms with E-state index in [0.717, 1.165) is 42.2 Å². The van der Waals surface area contributed by atoms with E-state index in [0.29, 0.717) is 5.56 Å². The highest BCUT2D eigenvalue weighted by atomic mass is 16.5. The fourth-order valence-electron chi connectivity index (χ4n) is 4.15. The zero-order valence-electron chi connectivity index (χ0n) is 18.8. The summed E-state index contributed by atoms with van der Waals surface area (Å²) in [7, 11) is 1.67. The molecule has 0 aromatic heterocycles. The van der Waals surface area contributed by atoms with Gasteiger partial charge in [0.2, 0.25) is 0 Å². The molecule has 0 fully saturated rings. The third-order valence-corrected chi connectivity index (χ3v) is 6.00. The molecule has 1 aliphatic heterocycles. The number of nitriles is 1. The van der Waals surface area contributed by atoms with E-state index in [1.54, 1.807) is 7.11 Å². The molecule has 1 atom stereocenters. The number of anilines is 2. The lowest BCUT2D eigenvalue weighted by Gasteiger charge is -2.25. The van der Waals surface area contributed by atoms with E-state index in [2.05, 4.69) is 66.2 Å². The van der Waals surface area contributed by atoms with Crippen LogP contribution in [0.3, 0.4) is 0 Å². The Morgan fingerprint density at radius 1 is 0.969 bits per heavy atom. The summed E-state index contributed by atoms with van der Waals surface area (Å²) >= 11 is 0. The highest BCUT2D eigenvalue weighted by molar-refractivity contribution is 6.03. The number of rotatable bonds is 7. The molecule has 0 aliphatic carbocycles. The third-order valence-electron chi connectivity index (χ3n) is 6.00. The molecule has 0 N–H and O–H groups in total. The Morgan fingerprint density at radius 3 is 2.19 bits per heavy atom. The smallest absolute Gasteiger partial charge is 0.118 e. The van der Waals surface area contributed by atoms with E-state index in [1.165, 1.54) is 11.3 Å². The van der Waals surface area contributed by atoms with Gasteiger partial charge in [-0.15, -0.1) is 0 Å². The lowest BCUT2D eigenvalue weighted by Crippen LogP contribution is -2.22. The zero-order chi connectivity index (χ0) is 22.5. The largest absolute Gasteiger partial charge is 0.497 e. The normalized spacial score (nSPS) is 15.2. The van der Waals surface area contributed by atoms with Crippen molar-refractivity contribution in [2.45, 2.75) is 26.3 Å². The topological polar surface area (TPSA) is 51.9 Å². The van der Waals surface area contributed by atoms with Crippen LogP contribution in [0.15, 0.2) is 77.9 Å². The Kier molecular flexibility index (Phi) is 6.42. The van der Waals surface area contributed by atoms with Crippen LogP contribution in [-0.4, -0.2) is 25.9 Å². The van der Waals surface area contributed by atoms with Crippen molar-refractivity contribution >= 4 is 17.1 Å². The fraction of sp³-hybridized carbons (Fsp3) is 0.259. The van der Waals surface area contributed by atoms with Crippen molar-refractivity contribution < 1.29 is 4.74 Å². The minimum absolute atomic E-state index is 0.0887. The van der Waals surface area contributed by atoms with E-state index >= 15 is 0 Å². The zero-order valence-corrected chi connectivity index (χ0v) is 18.8. The summed E-state index contributed by atoms with van der Waals surface area (Å²) in [6.07, 6.45) is 0.803. The van der Waals surface area contributed by atoms with Crippen molar-refractivity contribution in [1.29, 1.82) is 5.26 Å². The average molecular weight is 425 g/mol. The molecule has 162 valence electrons. The number of hydrogen-bond acceptors (Lipinski definition) is 5. The number of hydrogen-bond donors (Lipinski definition) is 0. The molecule has 0 amide bonds. The fourth-order valence-corrected chi connectivity index (χ4v) is 4.15. The first-order chi connectivity index (χ1) is 15.7. The van der Waals surface area contributed by atoms with Gasteiger partial charge >= 0.3 is 0 Å². The van der Waals surface area contributed by atoms with Crippen LogP contribution in [0.4, 0.5) is 11.4 Å². The average Bonchev–Trinajstić information content (AvgIpc) is 3.31. The Hall–Kier alpha value is -3.78. The second kappa shape index (κ2) is 9.57. The molecule has 0 radical (unpaired) electrons. The third kappa shape index (κ3) is 4.31. The van der Waals surface area contributed by atoms with E-state index in [1.807, 2.05) is 36.4 Å². The maximum Gasteiger partial charge on any atom is 0.118 e. The molecule has 1 heterocycles. The van der Waals surface area contributed by atoms with E-state index < -0.39 is 0 Å². The first-order valence-electron chi connectivity index (χ1n) is 11.0. The first-order valence-corrected chi connectivity index (χ1v) is 11.0. The number of hydrazone groups is 1. The lowest BCUT2D eigenvalue weighted by atomic mass is 9.97. The number of methoxy groups -OCH3 is 1. The van der Waals surface area contributed by atoms with Crippen molar-refractivity contribution in [2.75, 3.05) is 30.1 Å². The molecule has 0 saturated heterocycles. The first kappa shape index (κ1) is 21.5. The second-order valence-electron chi connectivity index (χ2n) is 7.76. The van der Waals surface area contributed by atoms with E-state index in [4.69, 9.17) is 15.1 Å². The van der Waals surface area contributed by atoms with Gasteiger partial charge in [0.15, 0.2) is 0 Å². The van der Waals surface area contributed by atoms with Gasteiger partial charge in [-0.25, -0.2) is 0 Å². The quantitative estimate of drug-likeness (QED) is 0.483. The molecule has 5 heteroatoms. The molecular weight excluding hydrogens is 396 g/mol. The Labute approximate surface area is 190 Å². The van der Waals surface area contributed by atoms with Crippen LogP contribution in [0, 0.1) is 11.3 Å². The highest BCUT2D eigenvalue weighted by Crippen LogP contribution is 2.37. The van der Waals surface area contributed by atoms with Gasteiger partial charge in [0.25, 0.3) is 0 Å². The van der Waals surface area contributed by atoms with Crippen LogP contribution in [-0.2, 0) is 0 Å². The summed E-state index contributed by atoms with van der Waals surface area (Å²) in [6, 6.07) is 26.8. The van der Waals surface area contributed by atoms with Crippen LogP contribution >= 0.6 is 0 Å². The maximum absolute atomic E-state index is 9.16. The molecule has 0 saturated carbocycles. The second-order valence-corrected chi connectivity index (χ2v) is 7.76. The number of nitrogens with zero attached hydrogens (tertiary/aromatic N) is 4. The summed E-state index contributed by atoms with van der Waals surface area (Å²) < 4.78 is 5.30. The molecular formula is C27H28N4O. The van der Waals surface area contributed by atoms with E-state index in [-0.39, 0.29) is 6.04 Å². The van der Waals surface area contributed by atoms with Gasteiger partial charge in [0, 0.05) is 25.2 Å². The molecule has 0 spiro atoms. The van der Waals surface area contributed by atoms with Gasteiger partial charge in [0.1, 0.15) is 5.75 Å². The molecule has 0 unspecified atom stereocenters. The minimum Gasteiger partial charge on any atom is -0.497 e. The van der Waals surface area contributed by atoms with Crippen molar-refractivity contribution in [2.24, 2.45) is 5.10 Å². The lowest BCUT2D eigenvalue weighted by molar-refractivity contribution is 0.415. The molecule has 3 aromatic rings. The molecule has 1 aliphatic rings. The summed E-state index contributed by atoms with van der Waals surface area (Å²) in [5.41, 5.74) is 6.20. The van der Waals surface area contributed by atoms with Crippen LogP contribution < -0.4 is 14.6 Å². The predicted molar refractivity (Wildman–Crippen MR) is 131 cm³/mol. The molecule has 5 nitrogen and oxygen atoms in total. The van der Waals surface area contributed by atoms with Gasteiger partial charge in [-0.3, -0.25) is 5.01 Å². The van der Waals surface area contributed by atoms with Crippen molar-refractivity contribution in [3.05, 3.63) is 89.5 Å². The molecule has 4 rings (SSSR count). The standard InChI is InChI=1S/C27H28N4O/c1-4-30(5-2)23-14-8-22(9-15-23)27-18-26(21-10-16-25(32-3)17-11-21)29-31(27)24-12-6-20(19-28)7-13-24/h6-17,27H,4-5,18H2,1-3H3/t27-/m0/s1. The van der Waals surface area contributed by atoms with Crippen molar-refractivity contribution in [3.8, 4) is 11.8 Å². The predicted octanol–water partition coefficient (Wildman–Crippen LogP) is 5.77. The van der Waals surface area contributed by atoms with Gasteiger partial charge in [-0.1, -0.05) is 12.1 Å². The van der Waals surface area contributed by atoms with Gasteiger partial charge < -0.3 is 9.64 Å². The van der Waals surface area contributed by atoms with Crippen molar-refractivity contribution in [3.63, 3.8) is 0 Å². The summed E-state index contributed by atoms with van der Waals surface area (Å²) in [5.74, 6) is 0.833. The molecule has 0 bridgehead atoms. The van der Waals surface area contributed by atoms with Crippen LogP contribution in [0.5, 0.6) is 5.75 Å². The minimum atomic E-state index is 0.0887. The van der Waals surface area contributed by atoms with Crippen LogP contribution in [0.1, 0.15) is 43.0 Å². The molecule has 3 aromatic carbocycles. The molecule has 32 heavy (non-hydrogen) atoms. The number of benzene rings is 3. The Balaban J connectivity index is 1.68. The highest BCUT2D eigenvalue weighted by Gasteiger charge is 2.30. The Bertz CT molecular complexity index is 1110. The number of ether oxygens (including phenoxy) is 1. The summed E-state index contributed by atoms with van der Waals surface area (Å²) in [6.45, 7) is 6.33.